The van der Waals surface area contributed by atoms with E-state index in [1.165, 1.54) is 6.08 Å². The number of amides is 1. The Labute approximate surface area is 196 Å². The molecule has 0 atom stereocenters. The highest BCUT2D eigenvalue weighted by Crippen LogP contribution is 2.26. The SMILES string of the molecule is COc1ccccc1C=CC(=O)Nc1nc2nc(-c3ccccc3)cc(-c3ccccc3)n2n1. The Morgan fingerprint density at radius 1 is 0.882 bits per heavy atom. The van der Waals surface area contributed by atoms with Crippen LogP contribution >= 0.6 is 0 Å². The third-order valence-electron chi connectivity index (χ3n) is 5.24. The van der Waals surface area contributed by atoms with Crippen molar-refractivity contribution in [1.29, 1.82) is 0 Å². The summed E-state index contributed by atoms with van der Waals surface area (Å²) in [6.45, 7) is 0. The fourth-order valence-corrected chi connectivity index (χ4v) is 3.61. The molecule has 0 aliphatic carbocycles. The van der Waals surface area contributed by atoms with Gasteiger partial charge >= 0.3 is 0 Å². The molecule has 1 N–H and O–H groups in total. The van der Waals surface area contributed by atoms with E-state index in [2.05, 4.69) is 20.4 Å². The fourth-order valence-electron chi connectivity index (χ4n) is 3.61. The molecule has 2 aromatic heterocycles. The Balaban J connectivity index is 1.50. The molecule has 0 spiro atoms. The van der Waals surface area contributed by atoms with Crippen LogP contribution in [0, 0.1) is 0 Å². The van der Waals surface area contributed by atoms with Gasteiger partial charge in [0.1, 0.15) is 5.75 Å². The molecule has 0 saturated carbocycles. The summed E-state index contributed by atoms with van der Waals surface area (Å²) in [5.74, 6) is 0.891. The van der Waals surface area contributed by atoms with Crippen LogP contribution in [0.5, 0.6) is 5.75 Å². The number of ether oxygens (including phenoxy) is 1. The first-order chi connectivity index (χ1) is 16.7. The van der Waals surface area contributed by atoms with Crippen molar-refractivity contribution >= 4 is 23.7 Å². The van der Waals surface area contributed by atoms with Crippen molar-refractivity contribution in [2.75, 3.05) is 12.4 Å². The van der Waals surface area contributed by atoms with Crippen LogP contribution in [0.1, 0.15) is 5.56 Å². The van der Waals surface area contributed by atoms with Crippen LogP contribution in [0.4, 0.5) is 5.95 Å². The first kappa shape index (κ1) is 21.1. The number of nitrogens with one attached hydrogen (secondary N) is 1. The summed E-state index contributed by atoms with van der Waals surface area (Å²) in [6, 6.07) is 29.2. The highest BCUT2D eigenvalue weighted by molar-refractivity contribution is 6.01. The van der Waals surface area contributed by atoms with Gasteiger partial charge in [0, 0.05) is 22.8 Å². The zero-order valence-electron chi connectivity index (χ0n) is 18.4. The molecule has 166 valence electrons. The third kappa shape index (κ3) is 4.40. The van der Waals surface area contributed by atoms with Crippen LogP contribution in [0.15, 0.2) is 97.1 Å². The number of carbonyl (C=O) groups excluding carboxylic acids is 1. The van der Waals surface area contributed by atoms with Crippen LogP contribution in [-0.2, 0) is 4.79 Å². The smallest absolute Gasteiger partial charge is 0.255 e. The summed E-state index contributed by atoms with van der Waals surface area (Å²) < 4.78 is 6.96. The number of anilines is 1. The van der Waals surface area contributed by atoms with Gasteiger partial charge in [-0.15, -0.1) is 5.10 Å². The first-order valence-corrected chi connectivity index (χ1v) is 10.7. The lowest BCUT2D eigenvalue weighted by molar-refractivity contribution is -0.111. The number of fused-ring (bicyclic) bond motifs is 1. The van der Waals surface area contributed by atoms with Crippen LogP contribution < -0.4 is 10.1 Å². The Morgan fingerprint density at radius 2 is 1.56 bits per heavy atom. The molecule has 34 heavy (non-hydrogen) atoms. The number of carbonyl (C=O) groups is 1. The highest BCUT2D eigenvalue weighted by Gasteiger charge is 2.14. The van der Waals surface area contributed by atoms with E-state index in [0.29, 0.717) is 11.5 Å². The Bertz CT molecular complexity index is 1480. The molecule has 5 aromatic rings. The van der Waals surface area contributed by atoms with E-state index in [9.17, 15) is 4.79 Å². The van der Waals surface area contributed by atoms with E-state index in [0.717, 1.165) is 28.1 Å². The van der Waals surface area contributed by atoms with E-state index < -0.39 is 0 Å². The van der Waals surface area contributed by atoms with E-state index in [1.54, 1.807) is 17.7 Å². The predicted molar refractivity (Wildman–Crippen MR) is 132 cm³/mol. The molecule has 1 amide bonds. The average molecular weight is 447 g/mol. The van der Waals surface area contributed by atoms with Gasteiger partial charge in [-0.1, -0.05) is 78.9 Å². The van der Waals surface area contributed by atoms with Gasteiger partial charge in [-0.2, -0.15) is 9.50 Å². The second kappa shape index (κ2) is 9.38. The largest absolute Gasteiger partial charge is 0.496 e. The Morgan fingerprint density at radius 3 is 2.29 bits per heavy atom. The summed E-state index contributed by atoms with van der Waals surface area (Å²) >= 11 is 0. The van der Waals surface area contributed by atoms with E-state index in [-0.39, 0.29) is 11.9 Å². The lowest BCUT2D eigenvalue weighted by atomic mass is 10.1. The standard InChI is InChI=1S/C27H21N5O2/c1-34-24-15-9-8-14-21(24)16-17-25(33)29-26-30-27-28-22(19-10-4-2-5-11-19)18-23(32(27)31-26)20-12-6-3-7-13-20/h2-18H,1H3,(H,29,31,33). The summed E-state index contributed by atoms with van der Waals surface area (Å²) in [6.07, 6.45) is 3.11. The minimum Gasteiger partial charge on any atom is -0.496 e. The second-order valence-electron chi connectivity index (χ2n) is 7.47. The van der Waals surface area contributed by atoms with Gasteiger partial charge in [0.05, 0.1) is 18.5 Å². The van der Waals surface area contributed by atoms with Crippen molar-refractivity contribution in [2.45, 2.75) is 0 Å². The molecule has 0 bridgehead atoms. The van der Waals surface area contributed by atoms with Crippen molar-refractivity contribution in [3.05, 3.63) is 103 Å². The molecule has 7 heteroatoms. The lowest BCUT2D eigenvalue weighted by Crippen LogP contribution is -2.09. The molecule has 0 aliphatic rings. The van der Waals surface area contributed by atoms with Crippen molar-refractivity contribution in [2.24, 2.45) is 0 Å². The molecular formula is C27H21N5O2. The van der Waals surface area contributed by atoms with Crippen LogP contribution in [0.2, 0.25) is 0 Å². The number of rotatable bonds is 6. The number of nitrogens with zero attached hydrogens (tertiary/aromatic N) is 4. The summed E-state index contributed by atoms with van der Waals surface area (Å²) in [5.41, 5.74) is 4.32. The maximum atomic E-state index is 12.6. The normalized spacial score (nSPS) is 11.1. The first-order valence-electron chi connectivity index (χ1n) is 10.7. The van der Waals surface area contributed by atoms with E-state index in [4.69, 9.17) is 4.74 Å². The van der Waals surface area contributed by atoms with Crippen molar-refractivity contribution in [1.82, 2.24) is 19.6 Å². The summed E-state index contributed by atoms with van der Waals surface area (Å²) in [7, 11) is 1.59. The predicted octanol–water partition coefficient (Wildman–Crippen LogP) is 5.12. The number of methoxy groups -OCH3 is 1. The molecule has 0 aliphatic heterocycles. The maximum absolute atomic E-state index is 12.6. The van der Waals surface area contributed by atoms with Gasteiger partial charge in [0.15, 0.2) is 0 Å². The number of hydrogen-bond donors (Lipinski definition) is 1. The minimum atomic E-state index is -0.355. The quantitative estimate of drug-likeness (QED) is 0.366. The summed E-state index contributed by atoms with van der Waals surface area (Å²) in [4.78, 5) is 21.7. The van der Waals surface area contributed by atoms with Gasteiger partial charge < -0.3 is 4.74 Å². The lowest BCUT2D eigenvalue weighted by Gasteiger charge is -2.07. The monoisotopic (exact) mass is 447 g/mol. The minimum absolute atomic E-state index is 0.171. The van der Waals surface area contributed by atoms with Crippen molar-refractivity contribution in [3.63, 3.8) is 0 Å². The molecule has 0 saturated heterocycles. The van der Waals surface area contributed by atoms with Crippen molar-refractivity contribution in [3.8, 4) is 28.3 Å². The fraction of sp³-hybridized carbons (Fsp3) is 0.0370. The zero-order chi connectivity index (χ0) is 23.3. The van der Waals surface area contributed by atoms with E-state index in [1.807, 2.05) is 91.0 Å². The maximum Gasteiger partial charge on any atom is 0.255 e. The molecule has 0 fully saturated rings. The van der Waals surface area contributed by atoms with Crippen molar-refractivity contribution < 1.29 is 9.53 Å². The van der Waals surface area contributed by atoms with Crippen LogP contribution in [0.3, 0.4) is 0 Å². The second-order valence-corrected chi connectivity index (χ2v) is 7.47. The molecule has 3 aromatic carbocycles. The average Bonchev–Trinajstić information content (AvgIpc) is 3.30. The molecule has 2 heterocycles. The van der Waals surface area contributed by atoms with Crippen LogP contribution in [-0.4, -0.2) is 32.6 Å². The third-order valence-corrected chi connectivity index (χ3v) is 5.24. The molecule has 5 rings (SSSR count). The topological polar surface area (TPSA) is 81.4 Å². The number of benzene rings is 3. The van der Waals surface area contributed by atoms with Crippen LogP contribution in [0.25, 0.3) is 34.4 Å². The Hall–Kier alpha value is -4.78. The van der Waals surface area contributed by atoms with Gasteiger partial charge in [-0.25, -0.2) is 4.98 Å². The molecule has 0 radical (unpaired) electrons. The van der Waals surface area contributed by atoms with Gasteiger partial charge in [-0.3, -0.25) is 10.1 Å². The molecule has 0 unspecified atom stereocenters. The summed E-state index contributed by atoms with van der Waals surface area (Å²) in [5, 5.41) is 7.23. The highest BCUT2D eigenvalue weighted by atomic mass is 16.5. The van der Waals surface area contributed by atoms with Gasteiger partial charge in [0.2, 0.25) is 0 Å². The molecule has 7 nitrogen and oxygen atoms in total. The molecular weight excluding hydrogens is 426 g/mol. The van der Waals surface area contributed by atoms with E-state index >= 15 is 0 Å². The number of para-hydroxylation sites is 1. The van der Waals surface area contributed by atoms with Gasteiger partial charge in [-0.05, 0) is 18.2 Å². The van der Waals surface area contributed by atoms with Gasteiger partial charge in [0.25, 0.3) is 17.6 Å². The zero-order valence-corrected chi connectivity index (χ0v) is 18.4. The Kier molecular flexibility index (Phi) is 5.82. The number of hydrogen-bond acceptors (Lipinski definition) is 5. The number of aromatic nitrogens is 4.